The monoisotopic (exact) mass is 325 g/mol. The highest BCUT2D eigenvalue weighted by atomic mass is 79.9. The lowest BCUT2D eigenvalue weighted by atomic mass is 10.1. The Kier molecular flexibility index (Phi) is 3.57. The van der Waals surface area contributed by atoms with E-state index in [-0.39, 0.29) is 5.91 Å². The van der Waals surface area contributed by atoms with E-state index >= 15 is 0 Å². The molecule has 0 unspecified atom stereocenters. The lowest BCUT2D eigenvalue weighted by Gasteiger charge is -2.16. The van der Waals surface area contributed by atoms with Gasteiger partial charge in [-0.15, -0.1) is 11.3 Å². The van der Waals surface area contributed by atoms with E-state index in [1.165, 1.54) is 25.7 Å². The molecule has 1 aromatic rings. The van der Waals surface area contributed by atoms with E-state index in [9.17, 15) is 4.79 Å². The first-order chi connectivity index (χ1) is 8.72. The number of rotatable bonds is 5. The zero-order valence-electron chi connectivity index (χ0n) is 10.1. The Morgan fingerprint density at radius 3 is 2.50 bits per heavy atom. The van der Waals surface area contributed by atoms with Crippen LogP contribution in [-0.2, 0) is 4.79 Å². The van der Waals surface area contributed by atoms with Crippen LogP contribution in [0.3, 0.4) is 0 Å². The van der Waals surface area contributed by atoms with Crippen molar-refractivity contribution in [1.29, 1.82) is 0 Å². The van der Waals surface area contributed by atoms with Gasteiger partial charge in [-0.1, -0.05) is 0 Å². The summed E-state index contributed by atoms with van der Waals surface area (Å²) in [5, 5.41) is 3.19. The summed E-state index contributed by atoms with van der Waals surface area (Å²) in [5.74, 6) is 1.57. The van der Waals surface area contributed by atoms with E-state index in [4.69, 9.17) is 0 Å². The predicted molar refractivity (Wildman–Crippen MR) is 78.4 cm³/mol. The van der Waals surface area contributed by atoms with E-state index in [1.54, 1.807) is 17.4 Å². The Hall–Kier alpha value is -0.610. The molecular formula is C14H16BrNOS. The zero-order chi connectivity index (χ0) is 12.5. The van der Waals surface area contributed by atoms with Crippen molar-refractivity contribution in [2.24, 2.45) is 11.8 Å². The number of carbonyl (C=O) groups is 1. The van der Waals surface area contributed by atoms with Crippen LogP contribution in [0.5, 0.6) is 0 Å². The van der Waals surface area contributed by atoms with Gasteiger partial charge in [0.1, 0.15) is 0 Å². The van der Waals surface area contributed by atoms with Crippen LogP contribution in [0.15, 0.2) is 22.0 Å². The lowest BCUT2D eigenvalue weighted by molar-refractivity contribution is -0.117. The van der Waals surface area contributed by atoms with Crippen LogP contribution in [0, 0.1) is 11.8 Å². The van der Waals surface area contributed by atoms with Gasteiger partial charge in [-0.2, -0.15) is 0 Å². The number of hydrogen-bond acceptors (Lipinski definition) is 2. The molecule has 0 bridgehead atoms. The summed E-state index contributed by atoms with van der Waals surface area (Å²) in [6.45, 7) is 0. The Balaban J connectivity index is 1.55. The average molecular weight is 326 g/mol. The van der Waals surface area contributed by atoms with Crippen LogP contribution < -0.4 is 5.32 Å². The highest BCUT2D eigenvalue weighted by Gasteiger charge is 2.41. The molecule has 4 heteroatoms. The Bertz CT molecular complexity index is 462. The summed E-state index contributed by atoms with van der Waals surface area (Å²) in [6.07, 6.45) is 8.73. The molecular weight excluding hydrogens is 310 g/mol. The number of halogens is 1. The minimum atomic E-state index is 0.0586. The molecule has 96 valence electrons. The first-order valence-corrected chi connectivity index (χ1v) is 8.07. The lowest BCUT2D eigenvalue weighted by Crippen LogP contribution is -2.37. The molecule has 0 atom stereocenters. The summed E-state index contributed by atoms with van der Waals surface area (Å²) >= 11 is 5.05. The van der Waals surface area contributed by atoms with Crippen molar-refractivity contribution in [1.82, 2.24) is 5.32 Å². The summed E-state index contributed by atoms with van der Waals surface area (Å²) < 4.78 is 1.09. The van der Waals surface area contributed by atoms with E-state index in [0.29, 0.717) is 6.04 Å². The van der Waals surface area contributed by atoms with Crippen molar-refractivity contribution < 1.29 is 4.79 Å². The first kappa shape index (κ1) is 12.4. The zero-order valence-corrected chi connectivity index (χ0v) is 12.5. The summed E-state index contributed by atoms with van der Waals surface area (Å²) in [6, 6.07) is 4.45. The van der Waals surface area contributed by atoms with Crippen molar-refractivity contribution in [3.8, 4) is 0 Å². The summed E-state index contributed by atoms with van der Waals surface area (Å²) in [4.78, 5) is 13.0. The van der Waals surface area contributed by atoms with Gasteiger partial charge in [0.05, 0.1) is 3.79 Å². The maximum Gasteiger partial charge on any atom is 0.244 e. The standard InChI is InChI=1S/C14H16BrNOS/c15-12-7-5-11(18-12)6-8-13(17)16-14(9-1-2-9)10-3-4-10/h5-10,14H,1-4H2,(H,16,17)/b8-6+. The molecule has 1 heterocycles. The topological polar surface area (TPSA) is 29.1 Å². The smallest absolute Gasteiger partial charge is 0.244 e. The van der Waals surface area contributed by atoms with Crippen molar-refractivity contribution in [2.45, 2.75) is 31.7 Å². The molecule has 2 fully saturated rings. The molecule has 2 saturated carbocycles. The van der Waals surface area contributed by atoms with Gasteiger partial charge in [0.15, 0.2) is 0 Å². The summed E-state index contributed by atoms with van der Waals surface area (Å²) in [7, 11) is 0. The van der Waals surface area contributed by atoms with Crippen LogP contribution >= 0.6 is 27.3 Å². The van der Waals surface area contributed by atoms with E-state index in [0.717, 1.165) is 20.5 Å². The second-order valence-electron chi connectivity index (χ2n) is 5.18. The second-order valence-corrected chi connectivity index (χ2v) is 7.68. The normalized spacial score (nSPS) is 19.7. The number of nitrogens with one attached hydrogen (secondary N) is 1. The maximum absolute atomic E-state index is 11.9. The molecule has 2 aliphatic rings. The second kappa shape index (κ2) is 5.17. The molecule has 2 aliphatic carbocycles. The van der Waals surface area contributed by atoms with Crippen LogP contribution in [0.1, 0.15) is 30.6 Å². The highest BCUT2D eigenvalue weighted by molar-refractivity contribution is 9.11. The van der Waals surface area contributed by atoms with Crippen LogP contribution in [-0.4, -0.2) is 11.9 Å². The predicted octanol–water partition coefficient (Wildman–Crippen LogP) is 3.83. The number of thiophene rings is 1. The number of hydrogen-bond donors (Lipinski definition) is 1. The maximum atomic E-state index is 11.9. The largest absolute Gasteiger partial charge is 0.349 e. The van der Waals surface area contributed by atoms with Gasteiger partial charge < -0.3 is 5.32 Å². The van der Waals surface area contributed by atoms with Crippen LogP contribution in [0.2, 0.25) is 0 Å². The minimum absolute atomic E-state index is 0.0586. The van der Waals surface area contributed by atoms with Gasteiger partial charge in [-0.3, -0.25) is 4.79 Å². The molecule has 1 amide bonds. The molecule has 18 heavy (non-hydrogen) atoms. The van der Waals surface area contributed by atoms with Crippen molar-refractivity contribution in [3.63, 3.8) is 0 Å². The average Bonchev–Trinajstić information content (AvgIpc) is 3.23. The quantitative estimate of drug-likeness (QED) is 0.819. The van der Waals surface area contributed by atoms with Gasteiger partial charge in [-0.05, 0) is 71.7 Å². The SMILES string of the molecule is O=C(/C=C/c1ccc(Br)s1)NC(C1CC1)C1CC1. The molecule has 0 radical (unpaired) electrons. The Morgan fingerprint density at radius 1 is 1.33 bits per heavy atom. The summed E-state index contributed by atoms with van der Waals surface area (Å²) in [5.41, 5.74) is 0. The molecule has 2 nitrogen and oxygen atoms in total. The van der Waals surface area contributed by atoms with Gasteiger partial charge in [0.2, 0.25) is 5.91 Å². The van der Waals surface area contributed by atoms with Gasteiger partial charge in [-0.25, -0.2) is 0 Å². The first-order valence-electron chi connectivity index (χ1n) is 6.46. The molecule has 0 aromatic carbocycles. The molecule has 3 rings (SSSR count). The van der Waals surface area contributed by atoms with Gasteiger partial charge in [0.25, 0.3) is 0 Å². The van der Waals surface area contributed by atoms with Crippen LogP contribution in [0.25, 0.3) is 6.08 Å². The fourth-order valence-electron chi connectivity index (χ4n) is 2.32. The van der Waals surface area contributed by atoms with Crippen molar-refractivity contribution >= 4 is 39.2 Å². The number of amides is 1. The molecule has 0 aliphatic heterocycles. The highest BCUT2D eigenvalue weighted by Crippen LogP contribution is 2.44. The fraction of sp³-hybridized carbons (Fsp3) is 0.500. The van der Waals surface area contributed by atoms with Crippen molar-refractivity contribution in [3.05, 3.63) is 26.9 Å². The van der Waals surface area contributed by atoms with Crippen LogP contribution in [0.4, 0.5) is 0 Å². The van der Waals surface area contributed by atoms with E-state index in [1.807, 2.05) is 18.2 Å². The minimum Gasteiger partial charge on any atom is -0.349 e. The third kappa shape index (κ3) is 3.23. The van der Waals surface area contributed by atoms with Crippen molar-refractivity contribution in [2.75, 3.05) is 0 Å². The third-order valence-electron chi connectivity index (χ3n) is 3.56. The van der Waals surface area contributed by atoms with E-state index < -0.39 is 0 Å². The fourth-order valence-corrected chi connectivity index (χ4v) is 3.65. The molecule has 0 spiro atoms. The molecule has 1 N–H and O–H groups in total. The van der Waals surface area contributed by atoms with Gasteiger partial charge in [0, 0.05) is 17.0 Å². The Morgan fingerprint density at radius 2 is 2.00 bits per heavy atom. The number of carbonyl (C=O) groups excluding carboxylic acids is 1. The third-order valence-corrected chi connectivity index (χ3v) is 5.15. The van der Waals surface area contributed by atoms with E-state index in [2.05, 4.69) is 21.2 Å². The van der Waals surface area contributed by atoms with Gasteiger partial charge >= 0.3 is 0 Å². The molecule has 1 aromatic heterocycles. The Labute approximate surface area is 120 Å². The molecule has 0 saturated heterocycles.